The first kappa shape index (κ1) is 15.4. The molecule has 1 nitrogen and oxygen atoms in total. The molecule has 1 heteroatoms. The molecule has 2 saturated carbocycles. The lowest BCUT2D eigenvalue weighted by Gasteiger charge is -2.38. The van der Waals surface area contributed by atoms with Gasteiger partial charge in [0.25, 0.3) is 0 Å². The first-order valence-corrected chi connectivity index (χ1v) is 9.06. The van der Waals surface area contributed by atoms with Gasteiger partial charge in [0.05, 0.1) is 0 Å². The van der Waals surface area contributed by atoms with Crippen molar-refractivity contribution in [2.24, 2.45) is 17.8 Å². The van der Waals surface area contributed by atoms with Crippen molar-refractivity contribution in [2.45, 2.75) is 90.5 Å². The summed E-state index contributed by atoms with van der Waals surface area (Å²) in [7, 11) is 0. The van der Waals surface area contributed by atoms with E-state index >= 15 is 0 Å². The number of unbranched alkanes of at least 4 members (excludes halogenated alkanes) is 1. The van der Waals surface area contributed by atoms with E-state index in [0.29, 0.717) is 0 Å². The van der Waals surface area contributed by atoms with Gasteiger partial charge in [-0.2, -0.15) is 0 Å². The van der Waals surface area contributed by atoms with Crippen LogP contribution in [0.4, 0.5) is 0 Å². The predicted octanol–water partition coefficient (Wildman–Crippen LogP) is 5.15. The molecule has 2 fully saturated rings. The zero-order valence-corrected chi connectivity index (χ0v) is 13.3. The normalized spacial score (nSPS) is 30.0. The van der Waals surface area contributed by atoms with Crippen LogP contribution in [0.2, 0.25) is 0 Å². The molecule has 0 spiro atoms. The smallest absolute Gasteiger partial charge is 0.00978 e. The van der Waals surface area contributed by atoms with E-state index in [-0.39, 0.29) is 0 Å². The highest BCUT2D eigenvalue weighted by Gasteiger charge is 2.30. The van der Waals surface area contributed by atoms with E-state index in [9.17, 15) is 0 Å². The molecule has 1 atom stereocenters. The molecule has 0 bridgehead atoms. The van der Waals surface area contributed by atoms with Crippen molar-refractivity contribution < 1.29 is 0 Å². The SMILES string of the molecule is CCCCC1CCC(C(CC2CCC2)NCC)CC1. The van der Waals surface area contributed by atoms with Gasteiger partial charge in [-0.1, -0.05) is 65.2 Å². The van der Waals surface area contributed by atoms with Crippen LogP contribution in [0.3, 0.4) is 0 Å². The number of nitrogens with one attached hydrogen (secondary N) is 1. The zero-order valence-electron chi connectivity index (χ0n) is 13.3. The van der Waals surface area contributed by atoms with Crippen molar-refractivity contribution in [3.63, 3.8) is 0 Å². The minimum Gasteiger partial charge on any atom is -0.314 e. The van der Waals surface area contributed by atoms with E-state index in [1.165, 1.54) is 70.6 Å². The van der Waals surface area contributed by atoms with Crippen LogP contribution >= 0.6 is 0 Å². The second-order valence-electron chi connectivity index (χ2n) is 7.12. The molecular formula is C18H35N. The maximum Gasteiger partial charge on any atom is 0.00978 e. The van der Waals surface area contributed by atoms with Gasteiger partial charge >= 0.3 is 0 Å². The molecule has 1 unspecified atom stereocenters. The summed E-state index contributed by atoms with van der Waals surface area (Å²) in [6, 6.07) is 0.836. The number of hydrogen-bond donors (Lipinski definition) is 1. The fourth-order valence-electron chi connectivity index (χ4n) is 4.16. The average molecular weight is 265 g/mol. The van der Waals surface area contributed by atoms with E-state index in [2.05, 4.69) is 19.2 Å². The molecule has 0 aliphatic heterocycles. The summed E-state index contributed by atoms with van der Waals surface area (Å²) in [6.07, 6.45) is 16.3. The third-order valence-electron chi connectivity index (χ3n) is 5.70. The maximum absolute atomic E-state index is 3.81. The Labute approximate surface area is 120 Å². The van der Waals surface area contributed by atoms with Crippen LogP contribution in [-0.2, 0) is 0 Å². The summed E-state index contributed by atoms with van der Waals surface area (Å²) in [5.41, 5.74) is 0. The first-order valence-electron chi connectivity index (χ1n) is 9.06. The van der Waals surface area contributed by atoms with E-state index in [0.717, 1.165) is 30.3 Å². The van der Waals surface area contributed by atoms with Crippen molar-refractivity contribution >= 4 is 0 Å². The molecule has 19 heavy (non-hydrogen) atoms. The highest BCUT2D eigenvalue weighted by Crippen LogP contribution is 2.38. The Bertz CT molecular complexity index is 226. The summed E-state index contributed by atoms with van der Waals surface area (Å²) < 4.78 is 0. The molecular weight excluding hydrogens is 230 g/mol. The standard InChI is InChI=1S/C18H35N/c1-3-5-7-15-10-12-17(13-11-15)18(19-4-2)14-16-8-6-9-16/h15-19H,3-14H2,1-2H3. The van der Waals surface area contributed by atoms with Gasteiger partial charge in [0.2, 0.25) is 0 Å². The summed E-state index contributed by atoms with van der Waals surface area (Å²) in [4.78, 5) is 0. The quantitative estimate of drug-likeness (QED) is 0.640. The molecule has 2 aliphatic rings. The Morgan fingerprint density at radius 3 is 2.21 bits per heavy atom. The van der Waals surface area contributed by atoms with Crippen LogP contribution in [0.5, 0.6) is 0 Å². The fourth-order valence-corrected chi connectivity index (χ4v) is 4.16. The molecule has 112 valence electrons. The number of hydrogen-bond acceptors (Lipinski definition) is 1. The Hall–Kier alpha value is -0.0400. The maximum atomic E-state index is 3.81. The van der Waals surface area contributed by atoms with Gasteiger partial charge in [-0.05, 0) is 43.6 Å². The molecule has 2 aliphatic carbocycles. The molecule has 1 N–H and O–H groups in total. The minimum atomic E-state index is 0.836. The van der Waals surface area contributed by atoms with Crippen LogP contribution in [0.25, 0.3) is 0 Å². The van der Waals surface area contributed by atoms with Crippen LogP contribution < -0.4 is 5.32 Å². The fraction of sp³-hybridized carbons (Fsp3) is 1.00. The van der Waals surface area contributed by atoms with E-state index in [1.54, 1.807) is 0 Å². The van der Waals surface area contributed by atoms with Crippen LogP contribution in [-0.4, -0.2) is 12.6 Å². The van der Waals surface area contributed by atoms with Gasteiger partial charge in [0, 0.05) is 6.04 Å². The molecule has 0 amide bonds. The third kappa shape index (κ3) is 4.77. The van der Waals surface area contributed by atoms with E-state index in [4.69, 9.17) is 0 Å². The van der Waals surface area contributed by atoms with E-state index < -0.39 is 0 Å². The van der Waals surface area contributed by atoms with Gasteiger partial charge in [-0.25, -0.2) is 0 Å². The van der Waals surface area contributed by atoms with Crippen molar-refractivity contribution in [2.75, 3.05) is 6.54 Å². The second kappa shape index (κ2) is 8.29. The monoisotopic (exact) mass is 265 g/mol. The van der Waals surface area contributed by atoms with Gasteiger partial charge in [-0.15, -0.1) is 0 Å². The summed E-state index contributed by atoms with van der Waals surface area (Å²) >= 11 is 0. The van der Waals surface area contributed by atoms with Gasteiger partial charge < -0.3 is 5.32 Å². The molecule has 0 saturated heterocycles. The van der Waals surface area contributed by atoms with Crippen molar-refractivity contribution in [1.29, 1.82) is 0 Å². The van der Waals surface area contributed by atoms with Gasteiger partial charge in [0.15, 0.2) is 0 Å². The topological polar surface area (TPSA) is 12.0 Å². The lowest BCUT2D eigenvalue weighted by Crippen LogP contribution is -2.40. The predicted molar refractivity (Wildman–Crippen MR) is 84.4 cm³/mol. The van der Waals surface area contributed by atoms with Crippen LogP contribution in [0.1, 0.15) is 84.5 Å². The molecule has 0 aromatic heterocycles. The lowest BCUT2D eigenvalue weighted by atomic mass is 9.72. The Balaban J connectivity index is 1.72. The Morgan fingerprint density at radius 2 is 1.68 bits per heavy atom. The van der Waals surface area contributed by atoms with Crippen molar-refractivity contribution in [3.05, 3.63) is 0 Å². The summed E-state index contributed by atoms with van der Waals surface area (Å²) in [6.45, 7) is 5.76. The summed E-state index contributed by atoms with van der Waals surface area (Å²) in [5.74, 6) is 3.10. The van der Waals surface area contributed by atoms with Crippen LogP contribution in [0.15, 0.2) is 0 Å². The van der Waals surface area contributed by atoms with Gasteiger partial charge in [-0.3, -0.25) is 0 Å². The molecule has 0 radical (unpaired) electrons. The van der Waals surface area contributed by atoms with Crippen molar-refractivity contribution in [3.8, 4) is 0 Å². The Kier molecular flexibility index (Phi) is 6.70. The average Bonchev–Trinajstić information content (AvgIpc) is 2.40. The Morgan fingerprint density at radius 1 is 0.947 bits per heavy atom. The highest BCUT2D eigenvalue weighted by molar-refractivity contribution is 4.85. The lowest BCUT2D eigenvalue weighted by molar-refractivity contribution is 0.170. The number of rotatable bonds is 8. The summed E-state index contributed by atoms with van der Waals surface area (Å²) in [5, 5.41) is 3.81. The van der Waals surface area contributed by atoms with E-state index in [1.807, 2.05) is 0 Å². The first-order chi connectivity index (χ1) is 9.33. The highest BCUT2D eigenvalue weighted by atomic mass is 14.9. The van der Waals surface area contributed by atoms with Crippen LogP contribution in [0, 0.1) is 17.8 Å². The molecule has 0 aromatic carbocycles. The minimum absolute atomic E-state index is 0.836. The largest absolute Gasteiger partial charge is 0.314 e. The molecule has 0 heterocycles. The zero-order chi connectivity index (χ0) is 13.5. The third-order valence-corrected chi connectivity index (χ3v) is 5.70. The van der Waals surface area contributed by atoms with Crippen molar-refractivity contribution in [1.82, 2.24) is 5.32 Å². The molecule has 0 aromatic rings. The molecule has 2 rings (SSSR count). The second-order valence-corrected chi connectivity index (χ2v) is 7.12. The van der Waals surface area contributed by atoms with Gasteiger partial charge in [0.1, 0.15) is 0 Å².